The molecular formula is C19H25NO. The Labute approximate surface area is 128 Å². The average Bonchev–Trinajstić information content (AvgIpc) is 2.55. The summed E-state index contributed by atoms with van der Waals surface area (Å²) in [5.41, 5.74) is 2.79. The van der Waals surface area contributed by atoms with E-state index < -0.39 is 0 Å². The number of nitriles is 1. The number of hydrogen-bond acceptors (Lipinski definition) is 2. The summed E-state index contributed by atoms with van der Waals surface area (Å²) < 4.78 is 5.71. The molecule has 0 aromatic heterocycles. The van der Waals surface area contributed by atoms with Crippen molar-refractivity contribution in [1.29, 1.82) is 5.26 Å². The average molecular weight is 283 g/mol. The Hall–Kier alpha value is -1.49. The van der Waals surface area contributed by atoms with E-state index in [1.807, 2.05) is 0 Å². The van der Waals surface area contributed by atoms with Gasteiger partial charge in [-0.2, -0.15) is 5.26 Å². The molecule has 2 aliphatic rings. The van der Waals surface area contributed by atoms with E-state index in [-0.39, 0.29) is 6.10 Å². The molecule has 112 valence electrons. The minimum Gasteiger partial charge on any atom is -0.475 e. The van der Waals surface area contributed by atoms with E-state index in [1.54, 1.807) is 0 Å². The molecule has 1 unspecified atom stereocenters. The molecule has 1 saturated carbocycles. The monoisotopic (exact) mass is 283 g/mol. The molecule has 2 heteroatoms. The lowest BCUT2D eigenvalue weighted by Gasteiger charge is -2.30. The fraction of sp³-hybridized carbons (Fsp3) is 0.632. The zero-order valence-electron chi connectivity index (χ0n) is 13.0. The van der Waals surface area contributed by atoms with E-state index in [0.29, 0.717) is 0 Å². The number of aryl methyl sites for hydroxylation is 1. The zero-order valence-corrected chi connectivity index (χ0v) is 13.0. The topological polar surface area (TPSA) is 33.0 Å². The van der Waals surface area contributed by atoms with Crippen molar-refractivity contribution in [2.24, 2.45) is 5.92 Å². The van der Waals surface area contributed by atoms with Gasteiger partial charge in [0.15, 0.2) is 6.10 Å². The van der Waals surface area contributed by atoms with Crippen molar-refractivity contribution in [1.82, 2.24) is 0 Å². The first-order valence-corrected chi connectivity index (χ1v) is 8.49. The zero-order chi connectivity index (χ0) is 14.7. The van der Waals surface area contributed by atoms with Gasteiger partial charge in [-0.1, -0.05) is 31.9 Å². The Morgan fingerprint density at radius 2 is 2.00 bits per heavy atom. The van der Waals surface area contributed by atoms with Crippen LogP contribution in [-0.2, 0) is 6.42 Å². The largest absolute Gasteiger partial charge is 0.475 e. The predicted octanol–water partition coefficient (Wildman–Crippen LogP) is 4.98. The Balaban J connectivity index is 1.67. The molecule has 1 aromatic rings. The molecule has 21 heavy (non-hydrogen) atoms. The number of nitrogens with zero attached hydrogens (tertiary/aromatic N) is 1. The van der Waals surface area contributed by atoms with Crippen molar-refractivity contribution in [3.8, 4) is 11.8 Å². The van der Waals surface area contributed by atoms with Gasteiger partial charge in [0.25, 0.3) is 0 Å². The SMILES string of the molecule is CCCC1CCC(c2ccc3c(c2)CCC(C#N)O3)CC1. The van der Waals surface area contributed by atoms with Crippen LogP contribution in [-0.4, -0.2) is 6.10 Å². The lowest BCUT2D eigenvalue weighted by atomic mass is 9.77. The summed E-state index contributed by atoms with van der Waals surface area (Å²) in [5, 5.41) is 8.97. The molecule has 1 heterocycles. The highest BCUT2D eigenvalue weighted by Crippen LogP contribution is 2.39. The van der Waals surface area contributed by atoms with E-state index in [1.165, 1.54) is 49.7 Å². The second kappa shape index (κ2) is 6.52. The standard InChI is InChI=1S/C19H25NO/c1-2-3-14-4-6-15(7-5-14)16-9-11-19-17(12-16)8-10-18(13-20)21-19/h9,11-12,14-15,18H,2-8,10H2,1H3. The summed E-state index contributed by atoms with van der Waals surface area (Å²) in [7, 11) is 0. The van der Waals surface area contributed by atoms with Crippen LogP contribution in [0.5, 0.6) is 5.75 Å². The van der Waals surface area contributed by atoms with Crippen molar-refractivity contribution in [2.45, 2.75) is 70.3 Å². The van der Waals surface area contributed by atoms with Crippen LogP contribution in [0, 0.1) is 17.2 Å². The molecular weight excluding hydrogens is 258 g/mol. The first-order chi connectivity index (χ1) is 10.3. The smallest absolute Gasteiger partial charge is 0.184 e. The lowest BCUT2D eigenvalue weighted by molar-refractivity contribution is 0.225. The Morgan fingerprint density at radius 1 is 1.19 bits per heavy atom. The molecule has 1 aliphatic carbocycles. The Bertz CT molecular complexity index is 523. The van der Waals surface area contributed by atoms with Crippen molar-refractivity contribution in [3.05, 3.63) is 29.3 Å². The van der Waals surface area contributed by atoms with Gasteiger partial charge in [-0.05, 0) is 61.1 Å². The van der Waals surface area contributed by atoms with Crippen LogP contribution in [0.1, 0.15) is 68.9 Å². The van der Waals surface area contributed by atoms with E-state index in [0.717, 1.165) is 30.4 Å². The number of ether oxygens (including phenoxy) is 1. The minimum absolute atomic E-state index is 0.257. The highest BCUT2D eigenvalue weighted by atomic mass is 16.5. The van der Waals surface area contributed by atoms with E-state index in [4.69, 9.17) is 10.00 Å². The molecule has 0 amide bonds. The fourth-order valence-electron chi connectivity index (χ4n) is 3.95. The third-order valence-electron chi connectivity index (χ3n) is 5.19. The molecule has 2 nitrogen and oxygen atoms in total. The van der Waals surface area contributed by atoms with Gasteiger partial charge in [-0.25, -0.2) is 0 Å². The number of rotatable bonds is 3. The maximum absolute atomic E-state index is 8.97. The Kier molecular flexibility index (Phi) is 4.48. The molecule has 0 N–H and O–H groups in total. The summed E-state index contributed by atoms with van der Waals surface area (Å²) in [5.74, 6) is 2.62. The summed E-state index contributed by atoms with van der Waals surface area (Å²) in [6.07, 6.45) is 9.74. The second-order valence-corrected chi connectivity index (χ2v) is 6.65. The van der Waals surface area contributed by atoms with Gasteiger partial charge in [0.2, 0.25) is 0 Å². The van der Waals surface area contributed by atoms with Crippen LogP contribution in [0.15, 0.2) is 18.2 Å². The molecule has 0 bridgehead atoms. The second-order valence-electron chi connectivity index (χ2n) is 6.65. The molecule has 1 aromatic carbocycles. The number of hydrogen-bond donors (Lipinski definition) is 0. The van der Waals surface area contributed by atoms with Crippen molar-refractivity contribution in [3.63, 3.8) is 0 Å². The van der Waals surface area contributed by atoms with E-state index in [9.17, 15) is 0 Å². The van der Waals surface area contributed by atoms with Gasteiger partial charge >= 0.3 is 0 Å². The van der Waals surface area contributed by atoms with Gasteiger partial charge < -0.3 is 4.74 Å². The molecule has 0 saturated heterocycles. The molecule has 0 radical (unpaired) electrons. The number of benzene rings is 1. The van der Waals surface area contributed by atoms with Crippen molar-refractivity contribution in [2.75, 3.05) is 0 Å². The molecule has 1 aliphatic heterocycles. The maximum atomic E-state index is 8.97. The van der Waals surface area contributed by atoms with Gasteiger partial charge in [-0.3, -0.25) is 0 Å². The summed E-state index contributed by atoms with van der Waals surface area (Å²) in [6, 6.07) is 8.87. The summed E-state index contributed by atoms with van der Waals surface area (Å²) >= 11 is 0. The predicted molar refractivity (Wildman–Crippen MR) is 84.4 cm³/mol. The highest BCUT2D eigenvalue weighted by molar-refractivity contribution is 5.40. The maximum Gasteiger partial charge on any atom is 0.184 e. The summed E-state index contributed by atoms with van der Waals surface area (Å²) in [4.78, 5) is 0. The van der Waals surface area contributed by atoms with Crippen LogP contribution in [0.4, 0.5) is 0 Å². The molecule has 3 rings (SSSR count). The molecule has 1 atom stereocenters. The van der Waals surface area contributed by atoms with Crippen LogP contribution >= 0.6 is 0 Å². The van der Waals surface area contributed by atoms with E-state index >= 15 is 0 Å². The third-order valence-corrected chi connectivity index (χ3v) is 5.19. The van der Waals surface area contributed by atoms with Gasteiger partial charge in [-0.15, -0.1) is 0 Å². The third kappa shape index (κ3) is 3.23. The minimum atomic E-state index is -0.257. The van der Waals surface area contributed by atoms with Gasteiger partial charge in [0.05, 0.1) is 0 Å². The number of fused-ring (bicyclic) bond motifs is 1. The quantitative estimate of drug-likeness (QED) is 0.784. The van der Waals surface area contributed by atoms with Crippen molar-refractivity contribution >= 4 is 0 Å². The Morgan fingerprint density at radius 3 is 2.71 bits per heavy atom. The van der Waals surface area contributed by atoms with Crippen molar-refractivity contribution < 1.29 is 4.74 Å². The first-order valence-electron chi connectivity index (χ1n) is 8.49. The summed E-state index contributed by atoms with van der Waals surface area (Å²) in [6.45, 7) is 2.30. The van der Waals surface area contributed by atoms with Crippen LogP contribution < -0.4 is 4.74 Å². The first kappa shape index (κ1) is 14.4. The fourth-order valence-corrected chi connectivity index (χ4v) is 3.95. The molecule has 0 spiro atoms. The van der Waals surface area contributed by atoms with Gasteiger partial charge in [0, 0.05) is 6.42 Å². The van der Waals surface area contributed by atoms with Crippen LogP contribution in [0.25, 0.3) is 0 Å². The molecule has 1 fully saturated rings. The van der Waals surface area contributed by atoms with Crippen LogP contribution in [0.3, 0.4) is 0 Å². The van der Waals surface area contributed by atoms with Gasteiger partial charge in [0.1, 0.15) is 11.8 Å². The normalized spacial score (nSPS) is 28.3. The highest BCUT2D eigenvalue weighted by Gasteiger charge is 2.24. The lowest BCUT2D eigenvalue weighted by Crippen LogP contribution is -2.21. The van der Waals surface area contributed by atoms with Crippen LogP contribution in [0.2, 0.25) is 0 Å². The van der Waals surface area contributed by atoms with E-state index in [2.05, 4.69) is 31.2 Å².